The minimum atomic E-state index is -0.454. The molecule has 3 amide bonds. The number of imide groups is 1. The Morgan fingerprint density at radius 2 is 1.55 bits per heavy atom. The number of nitrogens with zero attached hydrogens (tertiary/aromatic N) is 1. The maximum atomic E-state index is 13.5. The monoisotopic (exact) mass is 459 g/mol. The van der Waals surface area contributed by atoms with Gasteiger partial charge in [-0.15, -0.1) is 0 Å². The standard InChI is InChI=1S/C26H22ClN3O3/c1-15-7-13-20(14-8-15)30-25(32)23(18-9-11-19(12-10-18)28-17(3)31)24(26(30)33)29-22-6-4-5-21(27)16(22)2/h4-14,29H,1-3H3,(H,28,31). The van der Waals surface area contributed by atoms with Gasteiger partial charge in [0, 0.05) is 23.3 Å². The Balaban J connectivity index is 1.81. The van der Waals surface area contributed by atoms with E-state index >= 15 is 0 Å². The SMILES string of the molecule is CC(=O)Nc1ccc(C2=C(Nc3cccc(Cl)c3C)C(=O)N(c3ccc(C)cc3)C2=O)cc1. The minimum absolute atomic E-state index is 0.165. The molecule has 33 heavy (non-hydrogen) atoms. The van der Waals surface area contributed by atoms with Crippen LogP contribution in [-0.2, 0) is 14.4 Å². The molecule has 2 N–H and O–H groups in total. The second-order valence-electron chi connectivity index (χ2n) is 7.83. The van der Waals surface area contributed by atoms with E-state index in [2.05, 4.69) is 10.6 Å². The van der Waals surface area contributed by atoms with E-state index in [1.807, 2.05) is 26.0 Å². The lowest BCUT2D eigenvalue weighted by Crippen LogP contribution is -2.32. The molecular formula is C26H22ClN3O3. The summed E-state index contributed by atoms with van der Waals surface area (Å²) >= 11 is 6.26. The van der Waals surface area contributed by atoms with Crippen molar-refractivity contribution in [3.05, 3.63) is 94.1 Å². The molecule has 0 atom stereocenters. The Morgan fingerprint density at radius 3 is 2.18 bits per heavy atom. The van der Waals surface area contributed by atoms with Gasteiger partial charge in [-0.05, 0) is 61.4 Å². The summed E-state index contributed by atoms with van der Waals surface area (Å²) < 4.78 is 0. The van der Waals surface area contributed by atoms with Crippen molar-refractivity contribution < 1.29 is 14.4 Å². The van der Waals surface area contributed by atoms with Crippen LogP contribution in [0.5, 0.6) is 0 Å². The molecule has 0 spiro atoms. The van der Waals surface area contributed by atoms with E-state index in [0.29, 0.717) is 27.6 Å². The Bertz CT molecular complexity index is 1300. The van der Waals surface area contributed by atoms with Gasteiger partial charge in [-0.1, -0.05) is 47.5 Å². The highest BCUT2D eigenvalue weighted by Crippen LogP contribution is 2.35. The molecule has 1 aliphatic rings. The number of aryl methyl sites for hydroxylation is 1. The summed E-state index contributed by atoms with van der Waals surface area (Å²) in [5, 5.41) is 6.40. The van der Waals surface area contributed by atoms with Gasteiger partial charge >= 0.3 is 0 Å². The van der Waals surface area contributed by atoms with E-state index in [0.717, 1.165) is 11.1 Å². The van der Waals surface area contributed by atoms with E-state index in [4.69, 9.17) is 11.6 Å². The highest BCUT2D eigenvalue weighted by Gasteiger charge is 2.40. The topological polar surface area (TPSA) is 78.5 Å². The van der Waals surface area contributed by atoms with Gasteiger partial charge in [0.05, 0.1) is 11.3 Å². The molecule has 0 saturated heterocycles. The summed E-state index contributed by atoms with van der Waals surface area (Å²) in [6.45, 7) is 5.20. The van der Waals surface area contributed by atoms with Crippen molar-refractivity contribution in [2.45, 2.75) is 20.8 Å². The molecule has 1 aliphatic heterocycles. The number of hydrogen-bond acceptors (Lipinski definition) is 4. The van der Waals surface area contributed by atoms with Gasteiger partial charge in [0.1, 0.15) is 5.70 Å². The molecule has 1 heterocycles. The molecule has 3 aromatic rings. The third kappa shape index (κ3) is 4.38. The molecule has 0 bridgehead atoms. The van der Waals surface area contributed by atoms with E-state index in [-0.39, 0.29) is 17.2 Å². The molecule has 7 heteroatoms. The van der Waals surface area contributed by atoms with Gasteiger partial charge in [-0.3, -0.25) is 14.4 Å². The largest absolute Gasteiger partial charge is 0.350 e. The molecule has 3 aromatic carbocycles. The van der Waals surface area contributed by atoms with E-state index in [9.17, 15) is 14.4 Å². The first-order chi connectivity index (χ1) is 15.8. The van der Waals surface area contributed by atoms with Crippen molar-refractivity contribution in [2.24, 2.45) is 0 Å². The van der Waals surface area contributed by atoms with Crippen LogP contribution in [0.25, 0.3) is 5.57 Å². The van der Waals surface area contributed by atoms with Gasteiger partial charge in [-0.25, -0.2) is 4.90 Å². The average Bonchev–Trinajstić information content (AvgIpc) is 3.02. The number of carbonyl (C=O) groups is 3. The number of carbonyl (C=O) groups excluding carboxylic acids is 3. The number of nitrogens with one attached hydrogen (secondary N) is 2. The Hall–Kier alpha value is -3.90. The predicted molar refractivity (Wildman–Crippen MR) is 131 cm³/mol. The van der Waals surface area contributed by atoms with Crippen LogP contribution < -0.4 is 15.5 Å². The van der Waals surface area contributed by atoms with E-state index in [1.165, 1.54) is 11.8 Å². The van der Waals surface area contributed by atoms with Crippen molar-refractivity contribution >= 4 is 52.0 Å². The van der Waals surface area contributed by atoms with Crippen LogP contribution in [0.15, 0.2) is 72.4 Å². The normalized spacial score (nSPS) is 13.5. The summed E-state index contributed by atoms with van der Waals surface area (Å²) in [7, 11) is 0. The average molecular weight is 460 g/mol. The molecule has 0 radical (unpaired) electrons. The van der Waals surface area contributed by atoms with Crippen LogP contribution in [-0.4, -0.2) is 17.7 Å². The molecule has 0 saturated carbocycles. The summed E-state index contributed by atoms with van der Waals surface area (Å²) in [5.74, 6) is -1.08. The van der Waals surface area contributed by atoms with Crippen LogP contribution in [0, 0.1) is 13.8 Å². The summed E-state index contributed by atoms with van der Waals surface area (Å²) in [5.41, 5.74) is 4.47. The van der Waals surface area contributed by atoms with Crippen molar-refractivity contribution in [3.63, 3.8) is 0 Å². The second-order valence-corrected chi connectivity index (χ2v) is 8.23. The predicted octanol–water partition coefficient (Wildman–Crippen LogP) is 5.31. The Kier molecular flexibility index (Phi) is 6.03. The fourth-order valence-corrected chi connectivity index (χ4v) is 3.82. The fraction of sp³-hybridized carbons (Fsp3) is 0.115. The number of hydrogen-bond donors (Lipinski definition) is 2. The van der Waals surface area contributed by atoms with Gasteiger partial charge in [-0.2, -0.15) is 0 Å². The van der Waals surface area contributed by atoms with Crippen LogP contribution in [0.4, 0.5) is 17.1 Å². The Morgan fingerprint density at radius 1 is 0.879 bits per heavy atom. The van der Waals surface area contributed by atoms with E-state index < -0.39 is 11.8 Å². The van der Waals surface area contributed by atoms with Crippen LogP contribution in [0.3, 0.4) is 0 Å². The smallest absolute Gasteiger partial charge is 0.282 e. The van der Waals surface area contributed by atoms with Gasteiger partial charge in [0.25, 0.3) is 11.8 Å². The molecule has 0 aromatic heterocycles. The number of anilines is 3. The quantitative estimate of drug-likeness (QED) is 0.507. The second kappa shape index (κ2) is 8.92. The van der Waals surface area contributed by atoms with Crippen molar-refractivity contribution in [3.8, 4) is 0 Å². The summed E-state index contributed by atoms with van der Waals surface area (Å²) in [6, 6.07) is 19.3. The molecule has 6 nitrogen and oxygen atoms in total. The van der Waals surface area contributed by atoms with Crippen molar-refractivity contribution in [2.75, 3.05) is 15.5 Å². The lowest BCUT2D eigenvalue weighted by atomic mass is 10.0. The molecular weight excluding hydrogens is 438 g/mol. The zero-order valence-electron chi connectivity index (χ0n) is 18.4. The zero-order chi connectivity index (χ0) is 23.7. The van der Waals surface area contributed by atoms with Gasteiger partial charge < -0.3 is 10.6 Å². The summed E-state index contributed by atoms with van der Waals surface area (Å²) in [6.07, 6.45) is 0. The zero-order valence-corrected chi connectivity index (χ0v) is 19.2. The molecule has 0 unspecified atom stereocenters. The fourth-order valence-electron chi connectivity index (χ4n) is 3.64. The molecule has 4 rings (SSSR count). The number of rotatable bonds is 5. The lowest BCUT2D eigenvalue weighted by molar-refractivity contribution is -0.120. The highest BCUT2D eigenvalue weighted by molar-refractivity contribution is 6.46. The van der Waals surface area contributed by atoms with E-state index in [1.54, 1.807) is 54.6 Å². The van der Waals surface area contributed by atoms with Crippen LogP contribution in [0.2, 0.25) is 5.02 Å². The van der Waals surface area contributed by atoms with Crippen molar-refractivity contribution in [1.82, 2.24) is 0 Å². The van der Waals surface area contributed by atoms with Gasteiger partial charge in [0.15, 0.2) is 0 Å². The number of benzene rings is 3. The highest BCUT2D eigenvalue weighted by atomic mass is 35.5. The first-order valence-corrected chi connectivity index (χ1v) is 10.7. The minimum Gasteiger partial charge on any atom is -0.350 e. The van der Waals surface area contributed by atoms with Crippen LogP contribution in [0.1, 0.15) is 23.6 Å². The third-order valence-electron chi connectivity index (χ3n) is 5.40. The van der Waals surface area contributed by atoms with Crippen molar-refractivity contribution in [1.29, 1.82) is 0 Å². The first kappa shape index (κ1) is 22.3. The third-order valence-corrected chi connectivity index (χ3v) is 5.81. The summed E-state index contributed by atoms with van der Waals surface area (Å²) in [4.78, 5) is 39.5. The Labute approximate surface area is 196 Å². The molecule has 0 aliphatic carbocycles. The van der Waals surface area contributed by atoms with Gasteiger partial charge in [0.2, 0.25) is 5.91 Å². The number of halogens is 1. The first-order valence-electron chi connectivity index (χ1n) is 10.4. The number of amides is 3. The molecule has 0 fully saturated rings. The maximum Gasteiger partial charge on any atom is 0.282 e. The lowest BCUT2D eigenvalue weighted by Gasteiger charge is -2.16. The molecule has 166 valence electrons. The maximum absolute atomic E-state index is 13.5. The van der Waals surface area contributed by atoms with Crippen LogP contribution >= 0.6 is 11.6 Å².